The third-order valence-electron chi connectivity index (χ3n) is 1.64. The minimum atomic E-state index is -1.06. The fourth-order valence-electron chi connectivity index (χ4n) is 0.960. The Balaban J connectivity index is 3.39. The van der Waals surface area contributed by atoms with Crippen molar-refractivity contribution in [2.24, 2.45) is 5.18 Å². The first-order valence-electron chi connectivity index (χ1n) is 3.61. The lowest BCUT2D eigenvalue weighted by Gasteiger charge is -2.05. The molecule has 0 unspecified atom stereocenters. The number of nitrogens with zero attached hydrogens (tertiary/aromatic N) is 1. The SMILES string of the molecule is [B]c1ccc(N=O)c(F)c1C(=O)OC. The maximum Gasteiger partial charge on any atom is 0.340 e. The molecule has 1 rings (SSSR count). The third-order valence-corrected chi connectivity index (χ3v) is 1.64. The Kier molecular flexibility index (Phi) is 2.96. The van der Waals surface area contributed by atoms with Crippen LogP contribution in [0, 0.1) is 10.7 Å². The summed E-state index contributed by atoms with van der Waals surface area (Å²) >= 11 is 0. The van der Waals surface area contributed by atoms with Crippen molar-refractivity contribution in [1.82, 2.24) is 0 Å². The Labute approximate surface area is 80.4 Å². The maximum absolute atomic E-state index is 13.3. The normalized spacial score (nSPS) is 9.57. The van der Waals surface area contributed by atoms with E-state index < -0.39 is 23.0 Å². The fourth-order valence-corrected chi connectivity index (χ4v) is 0.960. The van der Waals surface area contributed by atoms with Gasteiger partial charge in [0.2, 0.25) is 0 Å². The zero-order valence-corrected chi connectivity index (χ0v) is 7.28. The summed E-state index contributed by atoms with van der Waals surface area (Å²) in [6, 6.07) is 2.30. The average molecular weight is 193 g/mol. The lowest BCUT2D eigenvalue weighted by atomic mass is 9.90. The van der Waals surface area contributed by atoms with E-state index in [1.165, 1.54) is 6.07 Å². The van der Waals surface area contributed by atoms with Crippen LogP contribution in [0.15, 0.2) is 17.3 Å². The van der Waals surface area contributed by atoms with E-state index in [9.17, 15) is 14.1 Å². The van der Waals surface area contributed by atoms with Gasteiger partial charge in [-0.15, -0.1) is 4.91 Å². The number of halogens is 1. The first-order valence-corrected chi connectivity index (χ1v) is 3.61. The predicted molar refractivity (Wildman–Crippen MR) is 48.6 cm³/mol. The highest BCUT2D eigenvalue weighted by molar-refractivity contribution is 6.36. The van der Waals surface area contributed by atoms with Crippen LogP contribution < -0.4 is 5.46 Å². The van der Waals surface area contributed by atoms with Crippen molar-refractivity contribution in [3.63, 3.8) is 0 Å². The topological polar surface area (TPSA) is 55.7 Å². The molecule has 0 bridgehead atoms. The number of hydrogen-bond acceptors (Lipinski definition) is 4. The largest absolute Gasteiger partial charge is 0.465 e. The van der Waals surface area contributed by atoms with E-state index in [4.69, 9.17) is 7.85 Å². The summed E-state index contributed by atoms with van der Waals surface area (Å²) < 4.78 is 17.6. The first-order chi connectivity index (χ1) is 6.61. The Bertz CT molecular complexity index is 394. The van der Waals surface area contributed by atoms with Gasteiger partial charge in [-0.2, -0.15) is 0 Å². The van der Waals surface area contributed by atoms with Crippen molar-refractivity contribution in [2.45, 2.75) is 0 Å². The Hall–Kier alpha value is -1.72. The van der Waals surface area contributed by atoms with Crippen LogP contribution in [-0.2, 0) is 4.74 Å². The minimum absolute atomic E-state index is 0.0956. The second kappa shape index (κ2) is 4.00. The molecule has 2 radical (unpaired) electrons. The van der Waals surface area contributed by atoms with Gasteiger partial charge in [-0.1, -0.05) is 11.5 Å². The molecule has 4 nitrogen and oxygen atoms in total. The fraction of sp³-hybridized carbons (Fsp3) is 0.125. The molecule has 0 atom stereocenters. The number of carbonyl (C=O) groups is 1. The maximum atomic E-state index is 13.3. The van der Waals surface area contributed by atoms with Gasteiger partial charge in [0.05, 0.1) is 12.7 Å². The highest BCUT2D eigenvalue weighted by Gasteiger charge is 2.18. The molecular formula is C8H5BFNO3. The molecule has 0 spiro atoms. The summed E-state index contributed by atoms with van der Waals surface area (Å²) in [5.41, 5.74) is -1.04. The standard InChI is InChI=1S/C8H5BFNO3/c1-14-8(12)6-4(9)2-3-5(11-13)7(6)10/h2-3H,1H3. The number of rotatable bonds is 2. The van der Waals surface area contributed by atoms with E-state index in [0.29, 0.717) is 0 Å². The molecule has 0 aliphatic carbocycles. The van der Waals surface area contributed by atoms with E-state index in [-0.39, 0.29) is 5.46 Å². The number of ether oxygens (including phenoxy) is 1. The van der Waals surface area contributed by atoms with Crippen molar-refractivity contribution in [3.05, 3.63) is 28.4 Å². The van der Waals surface area contributed by atoms with E-state index in [2.05, 4.69) is 9.91 Å². The Morgan fingerprint density at radius 2 is 2.21 bits per heavy atom. The lowest BCUT2D eigenvalue weighted by Crippen LogP contribution is -2.19. The molecule has 6 heteroatoms. The number of esters is 1. The number of carbonyl (C=O) groups excluding carboxylic acids is 1. The van der Waals surface area contributed by atoms with E-state index in [1.807, 2.05) is 0 Å². The molecule has 1 aromatic carbocycles. The molecule has 0 aromatic heterocycles. The predicted octanol–water partition coefficient (Wildman–Crippen LogP) is 0.804. The second-order valence-corrected chi connectivity index (χ2v) is 2.45. The van der Waals surface area contributed by atoms with E-state index >= 15 is 0 Å². The molecule has 0 saturated carbocycles. The summed E-state index contributed by atoms with van der Waals surface area (Å²) in [4.78, 5) is 21.2. The Morgan fingerprint density at radius 3 is 2.71 bits per heavy atom. The molecule has 0 heterocycles. The van der Waals surface area contributed by atoms with Gasteiger partial charge < -0.3 is 4.74 Å². The highest BCUT2D eigenvalue weighted by atomic mass is 19.1. The molecular weight excluding hydrogens is 188 g/mol. The Morgan fingerprint density at radius 1 is 1.57 bits per heavy atom. The molecule has 1 aromatic rings. The van der Waals surface area contributed by atoms with Crippen LogP contribution in [0.1, 0.15) is 10.4 Å². The molecule has 0 aliphatic rings. The number of nitroso groups, excluding NO2 is 1. The van der Waals surface area contributed by atoms with Crippen molar-refractivity contribution < 1.29 is 13.9 Å². The van der Waals surface area contributed by atoms with Gasteiger partial charge in [-0.3, -0.25) is 0 Å². The van der Waals surface area contributed by atoms with Crippen LogP contribution in [0.25, 0.3) is 0 Å². The van der Waals surface area contributed by atoms with Crippen molar-refractivity contribution in [1.29, 1.82) is 0 Å². The van der Waals surface area contributed by atoms with Gasteiger partial charge >= 0.3 is 5.97 Å². The number of methoxy groups -OCH3 is 1. The summed E-state index contributed by atoms with van der Waals surface area (Å²) in [5, 5.41) is 2.40. The molecule has 0 fully saturated rings. The molecule has 0 amide bonds. The van der Waals surface area contributed by atoms with Gasteiger partial charge in [0.1, 0.15) is 13.5 Å². The van der Waals surface area contributed by atoms with Crippen LogP contribution in [0.5, 0.6) is 0 Å². The first kappa shape index (κ1) is 10.4. The zero-order valence-electron chi connectivity index (χ0n) is 7.28. The number of hydrogen-bond donors (Lipinski definition) is 0. The van der Waals surface area contributed by atoms with Gasteiger partial charge in [-0.05, 0) is 11.2 Å². The smallest absolute Gasteiger partial charge is 0.340 e. The summed E-state index contributed by atoms with van der Waals surface area (Å²) in [7, 11) is 6.42. The van der Waals surface area contributed by atoms with E-state index in [1.54, 1.807) is 0 Å². The minimum Gasteiger partial charge on any atom is -0.465 e. The van der Waals surface area contributed by atoms with Crippen molar-refractivity contribution >= 4 is 25.0 Å². The third kappa shape index (κ3) is 1.64. The van der Waals surface area contributed by atoms with Crippen LogP contribution in [-0.4, -0.2) is 20.9 Å². The molecule has 70 valence electrons. The van der Waals surface area contributed by atoms with Gasteiger partial charge in [-0.25, -0.2) is 9.18 Å². The molecule has 14 heavy (non-hydrogen) atoms. The van der Waals surface area contributed by atoms with E-state index in [0.717, 1.165) is 13.2 Å². The van der Waals surface area contributed by atoms with Crippen LogP contribution in [0.4, 0.5) is 10.1 Å². The van der Waals surface area contributed by atoms with Gasteiger partial charge in [0.15, 0.2) is 5.82 Å². The highest BCUT2D eigenvalue weighted by Crippen LogP contribution is 2.19. The van der Waals surface area contributed by atoms with Crippen molar-refractivity contribution in [2.75, 3.05) is 7.11 Å². The van der Waals surface area contributed by atoms with Gasteiger partial charge in [0.25, 0.3) is 0 Å². The lowest BCUT2D eigenvalue weighted by molar-refractivity contribution is 0.0597. The van der Waals surface area contributed by atoms with Crippen LogP contribution in [0.3, 0.4) is 0 Å². The quantitative estimate of drug-likeness (QED) is 0.396. The zero-order chi connectivity index (χ0) is 10.7. The van der Waals surface area contributed by atoms with Crippen molar-refractivity contribution in [3.8, 4) is 0 Å². The summed E-state index contributed by atoms with van der Waals surface area (Å²) in [6.07, 6.45) is 0. The molecule has 0 aliphatic heterocycles. The summed E-state index contributed by atoms with van der Waals surface area (Å²) in [6.45, 7) is 0. The van der Waals surface area contributed by atoms with Crippen LogP contribution in [0.2, 0.25) is 0 Å². The monoisotopic (exact) mass is 193 g/mol. The average Bonchev–Trinajstić information content (AvgIpc) is 2.18. The second-order valence-electron chi connectivity index (χ2n) is 2.45. The summed E-state index contributed by atoms with van der Waals surface area (Å²) in [5.74, 6) is -2.00. The number of benzene rings is 1. The van der Waals surface area contributed by atoms with Crippen LogP contribution >= 0.6 is 0 Å². The van der Waals surface area contributed by atoms with Gasteiger partial charge in [0, 0.05) is 0 Å². The molecule has 0 N–H and O–H groups in total. The molecule has 0 saturated heterocycles.